The predicted octanol–water partition coefficient (Wildman–Crippen LogP) is 0.386. The maximum atomic E-state index is 11.5. The van der Waals surface area contributed by atoms with E-state index in [1.807, 2.05) is 12.3 Å². The molecule has 3 heterocycles. The molecule has 0 saturated carbocycles. The van der Waals surface area contributed by atoms with Crippen molar-refractivity contribution in [2.75, 3.05) is 13.3 Å². The van der Waals surface area contributed by atoms with Crippen molar-refractivity contribution < 1.29 is 9.53 Å². The van der Waals surface area contributed by atoms with E-state index in [9.17, 15) is 4.79 Å². The molecule has 2 amide bonds. The van der Waals surface area contributed by atoms with E-state index in [-0.39, 0.29) is 12.2 Å². The first kappa shape index (κ1) is 7.73. The Morgan fingerprint density at radius 3 is 3.43 bits per heavy atom. The van der Waals surface area contributed by atoms with Gasteiger partial charge in [-0.25, -0.2) is 4.79 Å². The fourth-order valence-corrected chi connectivity index (χ4v) is 2.05. The van der Waals surface area contributed by atoms with Gasteiger partial charge in [-0.3, -0.25) is 4.90 Å². The summed E-state index contributed by atoms with van der Waals surface area (Å²) >= 11 is 0. The molecule has 0 spiro atoms. The summed E-state index contributed by atoms with van der Waals surface area (Å²) in [4.78, 5) is 15.3. The average Bonchev–Trinajstić information content (AvgIpc) is 2.59. The molecule has 5 nitrogen and oxygen atoms in total. The summed E-state index contributed by atoms with van der Waals surface area (Å²) < 4.78 is 5.21. The molecule has 3 rings (SSSR count). The third kappa shape index (κ3) is 0.921. The van der Waals surface area contributed by atoms with Crippen LogP contribution in [0.25, 0.3) is 0 Å². The first-order valence-corrected chi connectivity index (χ1v) is 4.69. The first-order valence-electron chi connectivity index (χ1n) is 4.69. The number of amides is 2. The normalized spacial score (nSPS) is 29.0. The number of urea groups is 1. The molecular weight excluding hydrogens is 182 g/mol. The van der Waals surface area contributed by atoms with Crippen LogP contribution in [0, 0.1) is 0 Å². The van der Waals surface area contributed by atoms with Crippen molar-refractivity contribution in [3.05, 3.63) is 24.2 Å². The zero-order chi connectivity index (χ0) is 9.54. The maximum Gasteiger partial charge on any atom is 0.323 e. The lowest BCUT2D eigenvalue weighted by molar-refractivity contribution is 0.0414. The van der Waals surface area contributed by atoms with E-state index in [4.69, 9.17) is 4.74 Å². The molecule has 1 unspecified atom stereocenters. The predicted molar refractivity (Wildman–Crippen MR) is 48.7 cm³/mol. The van der Waals surface area contributed by atoms with Gasteiger partial charge in [0.05, 0.1) is 12.0 Å². The SMILES string of the molecule is O=C1NCCC2N1C=C1C=COCN12. The molecule has 0 aromatic carbocycles. The largest absolute Gasteiger partial charge is 0.481 e. The second-order valence-electron chi connectivity index (χ2n) is 3.53. The number of hydrogen-bond donors (Lipinski definition) is 1. The molecule has 5 heteroatoms. The zero-order valence-corrected chi connectivity index (χ0v) is 7.64. The van der Waals surface area contributed by atoms with Crippen molar-refractivity contribution in [3.63, 3.8) is 0 Å². The Morgan fingerprint density at radius 2 is 2.50 bits per heavy atom. The monoisotopic (exact) mass is 193 g/mol. The average molecular weight is 193 g/mol. The van der Waals surface area contributed by atoms with E-state index in [1.54, 1.807) is 11.2 Å². The Balaban J connectivity index is 1.94. The van der Waals surface area contributed by atoms with E-state index in [0.717, 1.165) is 18.7 Å². The van der Waals surface area contributed by atoms with Crippen LogP contribution in [0.5, 0.6) is 0 Å². The lowest BCUT2D eigenvalue weighted by Crippen LogP contribution is -2.53. The Kier molecular flexibility index (Phi) is 1.47. The van der Waals surface area contributed by atoms with Crippen LogP contribution in [0.1, 0.15) is 6.42 Å². The molecule has 3 aliphatic rings. The molecular formula is C9H11N3O2. The molecule has 1 N–H and O–H groups in total. The summed E-state index contributed by atoms with van der Waals surface area (Å²) in [7, 11) is 0. The number of fused-ring (bicyclic) bond motifs is 3. The summed E-state index contributed by atoms with van der Waals surface area (Å²) in [5, 5.41) is 2.81. The van der Waals surface area contributed by atoms with Crippen molar-refractivity contribution in [3.8, 4) is 0 Å². The number of carbonyl (C=O) groups is 1. The smallest absolute Gasteiger partial charge is 0.323 e. The maximum absolute atomic E-state index is 11.5. The van der Waals surface area contributed by atoms with Crippen molar-refractivity contribution in [2.24, 2.45) is 0 Å². The number of nitrogens with zero attached hydrogens (tertiary/aromatic N) is 2. The van der Waals surface area contributed by atoms with Crippen molar-refractivity contribution in [1.82, 2.24) is 15.1 Å². The molecule has 1 atom stereocenters. The minimum absolute atomic E-state index is 0.0171. The van der Waals surface area contributed by atoms with Gasteiger partial charge in [-0.05, 0) is 6.08 Å². The molecule has 3 aliphatic heterocycles. The van der Waals surface area contributed by atoms with Gasteiger partial charge < -0.3 is 15.0 Å². The number of rotatable bonds is 0. The highest BCUT2D eigenvalue weighted by Crippen LogP contribution is 2.29. The number of allylic oxidation sites excluding steroid dienone is 1. The molecule has 14 heavy (non-hydrogen) atoms. The van der Waals surface area contributed by atoms with Gasteiger partial charge in [0.15, 0.2) is 6.73 Å². The fraction of sp³-hybridized carbons (Fsp3) is 0.444. The van der Waals surface area contributed by atoms with Gasteiger partial charge in [0, 0.05) is 19.2 Å². The highest BCUT2D eigenvalue weighted by atomic mass is 16.5. The molecule has 0 bridgehead atoms. The number of carbonyl (C=O) groups excluding carboxylic acids is 1. The molecule has 0 aromatic heterocycles. The van der Waals surface area contributed by atoms with Crippen LogP contribution in [-0.2, 0) is 4.74 Å². The van der Waals surface area contributed by atoms with Gasteiger partial charge in [0.1, 0.15) is 6.17 Å². The van der Waals surface area contributed by atoms with E-state index in [2.05, 4.69) is 10.2 Å². The van der Waals surface area contributed by atoms with Gasteiger partial charge in [-0.2, -0.15) is 0 Å². The summed E-state index contributed by atoms with van der Waals surface area (Å²) in [6, 6.07) is -0.0171. The van der Waals surface area contributed by atoms with Crippen LogP contribution >= 0.6 is 0 Å². The number of nitrogens with one attached hydrogen (secondary N) is 1. The molecule has 0 radical (unpaired) electrons. The standard InChI is InChI=1S/C9H11N3O2/c13-9-10-3-1-8-11(9)5-7-2-4-14-6-12(7)8/h2,4-5,8H,1,3,6H2,(H,10,13). The Morgan fingerprint density at radius 1 is 1.57 bits per heavy atom. The highest BCUT2D eigenvalue weighted by molar-refractivity contribution is 5.77. The Labute approximate surface area is 81.6 Å². The van der Waals surface area contributed by atoms with Crippen LogP contribution in [0.2, 0.25) is 0 Å². The lowest BCUT2D eigenvalue weighted by atomic mass is 10.2. The highest BCUT2D eigenvalue weighted by Gasteiger charge is 2.38. The minimum atomic E-state index is -0.0171. The van der Waals surface area contributed by atoms with E-state index < -0.39 is 0 Å². The molecule has 1 saturated heterocycles. The van der Waals surface area contributed by atoms with E-state index >= 15 is 0 Å². The third-order valence-corrected chi connectivity index (χ3v) is 2.75. The lowest BCUT2D eigenvalue weighted by Gasteiger charge is -2.36. The van der Waals surface area contributed by atoms with E-state index in [1.165, 1.54) is 0 Å². The second-order valence-corrected chi connectivity index (χ2v) is 3.53. The molecule has 1 fully saturated rings. The molecule has 74 valence electrons. The van der Waals surface area contributed by atoms with Gasteiger partial charge in [0.2, 0.25) is 0 Å². The van der Waals surface area contributed by atoms with Gasteiger partial charge in [-0.1, -0.05) is 0 Å². The van der Waals surface area contributed by atoms with Gasteiger partial charge >= 0.3 is 6.03 Å². The zero-order valence-electron chi connectivity index (χ0n) is 7.64. The van der Waals surface area contributed by atoms with Crippen molar-refractivity contribution in [2.45, 2.75) is 12.6 Å². The van der Waals surface area contributed by atoms with E-state index in [0.29, 0.717) is 6.73 Å². The Bertz CT molecular complexity index is 337. The topological polar surface area (TPSA) is 44.8 Å². The summed E-state index contributed by atoms with van der Waals surface area (Å²) in [6.07, 6.45) is 6.50. The van der Waals surface area contributed by atoms with Gasteiger partial charge in [-0.15, -0.1) is 0 Å². The third-order valence-electron chi connectivity index (χ3n) is 2.75. The van der Waals surface area contributed by atoms with Crippen LogP contribution in [0.3, 0.4) is 0 Å². The van der Waals surface area contributed by atoms with Crippen LogP contribution in [0.4, 0.5) is 4.79 Å². The number of hydrogen-bond acceptors (Lipinski definition) is 3. The Hall–Kier alpha value is -1.65. The minimum Gasteiger partial charge on any atom is -0.481 e. The van der Waals surface area contributed by atoms with Crippen LogP contribution in [-0.4, -0.2) is 35.3 Å². The summed E-state index contributed by atoms with van der Waals surface area (Å²) in [6.45, 7) is 1.28. The number of ether oxygens (including phenoxy) is 1. The fourth-order valence-electron chi connectivity index (χ4n) is 2.05. The van der Waals surface area contributed by atoms with Crippen LogP contribution < -0.4 is 5.32 Å². The second kappa shape index (κ2) is 2.67. The molecule has 0 aromatic rings. The molecule has 0 aliphatic carbocycles. The van der Waals surface area contributed by atoms with Gasteiger partial charge in [0.25, 0.3) is 0 Å². The van der Waals surface area contributed by atoms with Crippen molar-refractivity contribution in [1.29, 1.82) is 0 Å². The first-order chi connectivity index (χ1) is 6.86. The quantitative estimate of drug-likeness (QED) is 0.605. The van der Waals surface area contributed by atoms with Crippen molar-refractivity contribution >= 4 is 6.03 Å². The summed E-state index contributed by atoms with van der Waals surface area (Å²) in [5.74, 6) is 0. The van der Waals surface area contributed by atoms with Crippen LogP contribution in [0.15, 0.2) is 24.2 Å². The summed E-state index contributed by atoms with van der Waals surface area (Å²) in [5.41, 5.74) is 1.05.